The number of hydrogen-bond acceptors (Lipinski definition) is 2. The van der Waals surface area contributed by atoms with Crippen LogP contribution in [-0.2, 0) is 0 Å². The summed E-state index contributed by atoms with van der Waals surface area (Å²) in [6.07, 6.45) is 8.18. The van der Waals surface area contributed by atoms with Crippen LogP contribution in [-0.4, -0.2) is 31.6 Å². The summed E-state index contributed by atoms with van der Waals surface area (Å²) in [7, 11) is 2.17. The molecule has 0 spiro atoms. The zero-order valence-electron chi connectivity index (χ0n) is 8.97. The summed E-state index contributed by atoms with van der Waals surface area (Å²) in [4.78, 5) is 2.36. The Bertz CT molecular complexity index is 113. The van der Waals surface area contributed by atoms with Gasteiger partial charge in [-0.05, 0) is 52.4 Å². The molecule has 2 nitrogen and oxygen atoms in total. The predicted octanol–water partition coefficient (Wildman–Crippen LogP) is 2.01. The molecule has 0 aliphatic carbocycles. The summed E-state index contributed by atoms with van der Waals surface area (Å²) in [5.41, 5.74) is 5.43. The van der Waals surface area contributed by atoms with Gasteiger partial charge in [-0.25, -0.2) is 0 Å². The minimum absolute atomic E-state index is 0.806. The maximum atomic E-state index is 5.43. The van der Waals surface area contributed by atoms with Gasteiger partial charge in [-0.15, -0.1) is 6.58 Å². The molecular weight excluding hydrogens is 160 g/mol. The topological polar surface area (TPSA) is 29.3 Å². The van der Waals surface area contributed by atoms with Gasteiger partial charge in [0.2, 0.25) is 0 Å². The molecule has 78 valence electrons. The summed E-state index contributed by atoms with van der Waals surface area (Å²) in [5.74, 6) is 0. The van der Waals surface area contributed by atoms with E-state index in [4.69, 9.17) is 5.73 Å². The molecule has 2 heteroatoms. The van der Waals surface area contributed by atoms with Crippen LogP contribution in [0.3, 0.4) is 0 Å². The molecule has 0 saturated carbocycles. The van der Waals surface area contributed by atoms with Gasteiger partial charge < -0.3 is 10.6 Å². The third-order valence-electron chi connectivity index (χ3n) is 2.19. The Morgan fingerprint density at radius 2 is 1.85 bits per heavy atom. The van der Waals surface area contributed by atoms with Crippen molar-refractivity contribution in [3.05, 3.63) is 12.7 Å². The predicted molar refractivity (Wildman–Crippen MR) is 59.8 cm³/mol. The van der Waals surface area contributed by atoms with Crippen LogP contribution in [0.5, 0.6) is 0 Å². The molecular formula is C11H24N2. The number of nitrogens with two attached hydrogens (primary N) is 1. The summed E-state index contributed by atoms with van der Waals surface area (Å²) in [5, 5.41) is 0. The number of unbranched alkanes of at least 4 members (excludes halogenated alkanes) is 3. The van der Waals surface area contributed by atoms with Gasteiger partial charge in [0.15, 0.2) is 0 Å². The normalized spacial score (nSPS) is 10.7. The van der Waals surface area contributed by atoms with Crippen LogP contribution in [0.25, 0.3) is 0 Å². The fourth-order valence-corrected chi connectivity index (χ4v) is 1.32. The molecule has 0 aromatic heterocycles. The molecule has 0 aliphatic rings. The van der Waals surface area contributed by atoms with Gasteiger partial charge >= 0.3 is 0 Å². The molecule has 0 rings (SSSR count). The summed E-state index contributed by atoms with van der Waals surface area (Å²) in [6, 6.07) is 0. The third-order valence-corrected chi connectivity index (χ3v) is 2.19. The first-order valence-electron chi connectivity index (χ1n) is 5.30. The van der Waals surface area contributed by atoms with E-state index in [0.29, 0.717) is 0 Å². The van der Waals surface area contributed by atoms with Gasteiger partial charge in [0.1, 0.15) is 0 Å². The lowest BCUT2D eigenvalue weighted by Gasteiger charge is -2.15. The average Bonchev–Trinajstić information content (AvgIpc) is 2.14. The average molecular weight is 184 g/mol. The van der Waals surface area contributed by atoms with Gasteiger partial charge in [-0.3, -0.25) is 0 Å². The van der Waals surface area contributed by atoms with E-state index in [1.807, 2.05) is 6.08 Å². The molecule has 0 aliphatic heterocycles. The highest BCUT2D eigenvalue weighted by atomic mass is 15.1. The maximum absolute atomic E-state index is 5.43. The van der Waals surface area contributed by atoms with Gasteiger partial charge in [-0.1, -0.05) is 12.5 Å². The Balaban J connectivity index is 3.07. The van der Waals surface area contributed by atoms with E-state index in [1.54, 1.807) is 0 Å². The highest BCUT2D eigenvalue weighted by molar-refractivity contribution is 4.65. The van der Waals surface area contributed by atoms with Crippen molar-refractivity contribution in [1.29, 1.82) is 0 Å². The summed E-state index contributed by atoms with van der Waals surface area (Å²) < 4.78 is 0. The van der Waals surface area contributed by atoms with Crippen LogP contribution >= 0.6 is 0 Å². The molecule has 0 aromatic rings. The quantitative estimate of drug-likeness (QED) is 0.439. The Hall–Kier alpha value is -0.340. The Labute approximate surface area is 82.8 Å². The fourth-order valence-electron chi connectivity index (χ4n) is 1.32. The van der Waals surface area contributed by atoms with Crippen LogP contribution in [0.15, 0.2) is 12.7 Å². The monoisotopic (exact) mass is 184 g/mol. The molecule has 0 unspecified atom stereocenters. The summed E-state index contributed by atoms with van der Waals surface area (Å²) >= 11 is 0. The van der Waals surface area contributed by atoms with E-state index in [1.165, 1.54) is 25.8 Å². The molecule has 0 radical (unpaired) electrons. The second-order valence-electron chi connectivity index (χ2n) is 3.58. The molecule has 13 heavy (non-hydrogen) atoms. The van der Waals surface area contributed by atoms with Crippen molar-refractivity contribution in [3.8, 4) is 0 Å². The van der Waals surface area contributed by atoms with Crippen LogP contribution in [0.1, 0.15) is 32.1 Å². The number of nitrogens with zero attached hydrogens (tertiary/aromatic N) is 1. The second kappa shape index (κ2) is 9.75. The van der Waals surface area contributed by atoms with E-state index in [9.17, 15) is 0 Å². The molecule has 0 atom stereocenters. The first-order chi connectivity index (χ1) is 6.31. The molecule has 0 saturated heterocycles. The van der Waals surface area contributed by atoms with Crippen LogP contribution in [0, 0.1) is 0 Å². The number of allylic oxidation sites excluding steroid dienone is 1. The summed E-state index contributed by atoms with van der Waals surface area (Å²) in [6.45, 7) is 6.86. The zero-order valence-corrected chi connectivity index (χ0v) is 8.97. The molecule has 0 aromatic carbocycles. The standard InChI is InChI=1S/C11H24N2/c1-3-4-5-6-7-10-13(2)11-8-9-12/h3H,1,4-12H2,2H3. The highest BCUT2D eigenvalue weighted by Crippen LogP contribution is 2.01. The van der Waals surface area contributed by atoms with Crippen LogP contribution < -0.4 is 5.73 Å². The lowest BCUT2D eigenvalue weighted by atomic mass is 10.2. The zero-order chi connectivity index (χ0) is 9.94. The van der Waals surface area contributed by atoms with Crippen molar-refractivity contribution in [2.24, 2.45) is 5.73 Å². The fraction of sp³-hybridized carbons (Fsp3) is 0.818. The van der Waals surface area contributed by atoms with Crippen molar-refractivity contribution >= 4 is 0 Å². The van der Waals surface area contributed by atoms with E-state index in [-0.39, 0.29) is 0 Å². The maximum Gasteiger partial charge on any atom is -0.000977 e. The van der Waals surface area contributed by atoms with Crippen LogP contribution in [0.2, 0.25) is 0 Å². The molecule has 0 bridgehead atoms. The van der Waals surface area contributed by atoms with Crippen molar-refractivity contribution in [2.75, 3.05) is 26.7 Å². The lowest BCUT2D eigenvalue weighted by Crippen LogP contribution is -2.22. The number of rotatable bonds is 9. The van der Waals surface area contributed by atoms with Crippen molar-refractivity contribution in [3.63, 3.8) is 0 Å². The van der Waals surface area contributed by atoms with E-state index >= 15 is 0 Å². The van der Waals surface area contributed by atoms with Crippen molar-refractivity contribution < 1.29 is 0 Å². The van der Waals surface area contributed by atoms with Gasteiger partial charge in [-0.2, -0.15) is 0 Å². The molecule has 0 fully saturated rings. The molecule has 2 N–H and O–H groups in total. The number of hydrogen-bond donors (Lipinski definition) is 1. The van der Waals surface area contributed by atoms with Crippen LogP contribution in [0.4, 0.5) is 0 Å². The first kappa shape index (κ1) is 12.7. The third kappa shape index (κ3) is 9.57. The minimum Gasteiger partial charge on any atom is -0.330 e. The van der Waals surface area contributed by atoms with Gasteiger partial charge in [0.25, 0.3) is 0 Å². The Morgan fingerprint density at radius 3 is 2.46 bits per heavy atom. The minimum atomic E-state index is 0.806. The van der Waals surface area contributed by atoms with Crippen molar-refractivity contribution in [2.45, 2.75) is 32.1 Å². The highest BCUT2D eigenvalue weighted by Gasteiger charge is 1.96. The van der Waals surface area contributed by atoms with E-state index in [0.717, 1.165) is 25.9 Å². The van der Waals surface area contributed by atoms with Gasteiger partial charge in [0.05, 0.1) is 0 Å². The Kier molecular flexibility index (Phi) is 9.49. The Morgan fingerprint density at radius 1 is 1.15 bits per heavy atom. The van der Waals surface area contributed by atoms with Gasteiger partial charge in [0, 0.05) is 0 Å². The smallest absolute Gasteiger partial charge is 0.000977 e. The lowest BCUT2D eigenvalue weighted by molar-refractivity contribution is 0.322. The SMILES string of the molecule is C=CCCCCCN(C)CCCN. The molecule has 0 amide bonds. The largest absolute Gasteiger partial charge is 0.330 e. The van der Waals surface area contributed by atoms with E-state index in [2.05, 4.69) is 18.5 Å². The second-order valence-corrected chi connectivity index (χ2v) is 3.58. The van der Waals surface area contributed by atoms with Crippen molar-refractivity contribution in [1.82, 2.24) is 4.90 Å². The molecule has 0 heterocycles. The first-order valence-corrected chi connectivity index (χ1v) is 5.30. The van der Waals surface area contributed by atoms with E-state index < -0.39 is 0 Å².